The van der Waals surface area contributed by atoms with Gasteiger partial charge >= 0.3 is 12.0 Å². The van der Waals surface area contributed by atoms with Crippen molar-refractivity contribution in [1.29, 1.82) is 0 Å². The lowest BCUT2D eigenvalue weighted by atomic mass is 10.2. The van der Waals surface area contributed by atoms with E-state index in [9.17, 15) is 9.59 Å². The molecular weight excluding hydrogens is 244 g/mol. The first kappa shape index (κ1) is 13.9. The molecule has 1 heterocycles. The van der Waals surface area contributed by atoms with Crippen molar-refractivity contribution in [2.24, 2.45) is 0 Å². The number of nitrogens with zero attached hydrogens (tertiary/aromatic N) is 2. The molecule has 0 radical (unpaired) electrons. The van der Waals surface area contributed by atoms with E-state index in [1.54, 1.807) is 0 Å². The summed E-state index contributed by atoms with van der Waals surface area (Å²) in [7, 11) is 0. The number of aromatic nitrogens is 2. The van der Waals surface area contributed by atoms with Crippen LogP contribution in [0.2, 0.25) is 0 Å². The van der Waals surface area contributed by atoms with Gasteiger partial charge in [-0.3, -0.25) is 0 Å². The Bertz CT molecular complexity index is 380. The highest BCUT2D eigenvalue weighted by Gasteiger charge is 2.18. The van der Waals surface area contributed by atoms with Crippen LogP contribution >= 0.6 is 0 Å². The second-order valence-corrected chi connectivity index (χ2v) is 3.40. The van der Waals surface area contributed by atoms with Crippen LogP contribution in [0.1, 0.15) is 12.2 Å². The fourth-order valence-electron chi connectivity index (χ4n) is 1.19. The van der Waals surface area contributed by atoms with Crippen LogP contribution in [0.3, 0.4) is 0 Å². The summed E-state index contributed by atoms with van der Waals surface area (Å²) in [5, 5.41) is 25.6. The van der Waals surface area contributed by atoms with E-state index in [1.165, 1.54) is 6.39 Å². The standard InChI is InChI=1S/C9H14N4O5/c14-4-2-6(8(15)16)12-9(17)10-3-1-7-11-5-18-13-7/h5-6,14H,1-4H2,(H,15,16)(H2,10,12,17). The molecule has 0 spiro atoms. The summed E-state index contributed by atoms with van der Waals surface area (Å²) >= 11 is 0. The van der Waals surface area contributed by atoms with Gasteiger partial charge in [0.05, 0.1) is 0 Å². The van der Waals surface area contributed by atoms with Crippen LogP contribution in [-0.4, -0.2) is 51.5 Å². The maximum Gasteiger partial charge on any atom is 0.326 e. The van der Waals surface area contributed by atoms with Crippen LogP contribution in [0.15, 0.2) is 10.9 Å². The molecule has 9 nitrogen and oxygen atoms in total. The number of carboxylic acids is 1. The summed E-state index contributed by atoms with van der Waals surface area (Å²) in [5.74, 6) is -0.752. The second kappa shape index (κ2) is 7.22. The van der Waals surface area contributed by atoms with E-state index in [-0.39, 0.29) is 19.6 Å². The van der Waals surface area contributed by atoms with E-state index in [0.717, 1.165) is 0 Å². The van der Waals surface area contributed by atoms with Gasteiger partial charge in [0, 0.05) is 26.0 Å². The van der Waals surface area contributed by atoms with Crippen LogP contribution in [-0.2, 0) is 11.2 Å². The number of carbonyl (C=O) groups excluding carboxylic acids is 1. The Morgan fingerprint density at radius 2 is 2.28 bits per heavy atom. The lowest BCUT2D eigenvalue weighted by Gasteiger charge is -2.13. The molecule has 0 aliphatic heterocycles. The van der Waals surface area contributed by atoms with Gasteiger partial charge in [-0.25, -0.2) is 9.59 Å². The van der Waals surface area contributed by atoms with Gasteiger partial charge in [-0.15, -0.1) is 0 Å². The lowest BCUT2D eigenvalue weighted by Crippen LogP contribution is -2.46. The minimum absolute atomic E-state index is 0.0480. The Morgan fingerprint density at radius 3 is 2.83 bits per heavy atom. The minimum Gasteiger partial charge on any atom is -0.480 e. The van der Waals surface area contributed by atoms with Crippen molar-refractivity contribution in [3.63, 3.8) is 0 Å². The summed E-state index contributed by atoms with van der Waals surface area (Å²) in [6.45, 7) is -0.0725. The number of hydrogen-bond donors (Lipinski definition) is 4. The Kier molecular flexibility index (Phi) is 5.58. The Morgan fingerprint density at radius 1 is 1.50 bits per heavy atom. The van der Waals surface area contributed by atoms with Crippen LogP contribution in [0.5, 0.6) is 0 Å². The molecule has 0 aromatic carbocycles. The Labute approximate surface area is 102 Å². The van der Waals surface area contributed by atoms with E-state index in [1.807, 2.05) is 0 Å². The first-order valence-electron chi connectivity index (χ1n) is 5.26. The molecule has 0 fully saturated rings. The van der Waals surface area contributed by atoms with Crippen molar-refractivity contribution in [3.05, 3.63) is 12.2 Å². The number of aliphatic hydroxyl groups is 1. The minimum atomic E-state index is -1.20. The molecule has 1 aromatic rings. The number of aliphatic carboxylic acids is 1. The number of nitrogens with one attached hydrogen (secondary N) is 2. The predicted octanol–water partition coefficient (Wildman–Crippen LogP) is -1.25. The molecule has 18 heavy (non-hydrogen) atoms. The molecule has 0 bridgehead atoms. The quantitative estimate of drug-likeness (QED) is 0.479. The van der Waals surface area contributed by atoms with Crippen molar-refractivity contribution in [2.75, 3.05) is 13.2 Å². The molecule has 0 aliphatic carbocycles. The number of carboxylic acid groups (broad SMARTS) is 1. The molecule has 0 aliphatic rings. The first-order valence-corrected chi connectivity index (χ1v) is 5.26. The van der Waals surface area contributed by atoms with Gasteiger partial charge in [-0.2, -0.15) is 4.98 Å². The number of hydrogen-bond acceptors (Lipinski definition) is 6. The number of carbonyl (C=O) groups is 2. The Hall–Kier alpha value is -2.16. The maximum absolute atomic E-state index is 11.3. The summed E-state index contributed by atoms with van der Waals surface area (Å²) < 4.78 is 4.51. The zero-order chi connectivity index (χ0) is 13.4. The fourth-order valence-corrected chi connectivity index (χ4v) is 1.19. The monoisotopic (exact) mass is 258 g/mol. The van der Waals surface area contributed by atoms with E-state index < -0.39 is 18.0 Å². The molecule has 2 amide bonds. The molecule has 1 aromatic heterocycles. The van der Waals surface area contributed by atoms with Crippen LogP contribution in [0, 0.1) is 0 Å². The third-order valence-corrected chi connectivity index (χ3v) is 2.06. The molecule has 9 heteroatoms. The van der Waals surface area contributed by atoms with Crippen LogP contribution < -0.4 is 10.6 Å². The molecule has 1 rings (SSSR count). The van der Waals surface area contributed by atoms with Gasteiger partial charge in [0.15, 0.2) is 5.82 Å². The van der Waals surface area contributed by atoms with Crippen LogP contribution in [0.4, 0.5) is 4.79 Å². The number of amides is 2. The van der Waals surface area contributed by atoms with Gasteiger partial charge in [0.2, 0.25) is 6.39 Å². The van der Waals surface area contributed by atoms with E-state index in [2.05, 4.69) is 25.3 Å². The SMILES string of the molecule is O=C(NCCc1ncon1)NC(CCO)C(=O)O. The number of aliphatic hydroxyl groups excluding tert-OH is 1. The van der Waals surface area contributed by atoms with E-state index in [0.29, 0.717) is 12.2 Å². The molecule has 100 valence electrons. The van der Waals surface area contributed by atoms with Crippen molar-refractivity contribution >= 4 is 12.0 Å². The van der Waals surface area contributed by atoms with Gasteiger partial charge in [-0.05, 0) is 0 Å². The lowest BCUT2D eigenvalue weighted by molar-refractivity contribution is -0.139. The summed E-state index contributed by atoms with van der Waals surface area (Å²) in [4.78, 5) is 25.8. The highest BCUT2D eigenvalue weighted by atomic mass is 16.5. The molecule has 1 atom stereocenters. The molecule has 1 unspecified atom stereocenters. The molecular formula is C9H14N4O5. The average molecular weight is 258 g/mol. The van der Waals surface area contributed by atoms with Gasteiger partial charge in [0.25, 0.3) is 0 Å². The maximum atomic E-state index is 11.3. The number of rotatable bonds is 7. The van der Waals surface area contributed by atoms with Crippen molar-refractivity contribution in [2.45, 2.75) is 18.9 Å². The summed E-state index contributed by atoms with van der Waals surface area (Å²) in [6.07, 6.45) is 1.51. The highest BCUT2D eigenvalue weighted by Crippen LogP contribution is 1.92. The zero-order valence-corrected chi connectivity index (χ0v) is 9.50. The van der Waals surface area contributed by atoms with Gasteiger partial charge < -0.3 is 25.4 Å². The Balaban J connectivity index is 2.25. The molecule has 4 N–H and O–H groups in total. The normalized spacial score (nSPS) is 11.8. The van der Waals surface area contributed by atoms with Gasteiger partial charge in [-0.1, -0.05) is 5.16 Å². The topological polar surface area (TPSA) is 138 Å². The summed E-state index contributed by atoms with van der Waals surface area (Å²) in [6, 6.07) is -1.74. The van der Waals surface area contributed by atoms with Crippen molar-refractivity contribution < 1.29 is 24.3 Å². The average Bonchev–Trinajstić information content (AvgIpc) is 2.81. The zero-order valence-electron chi connectivity index (χ0n) is 9.50. The highest BCUT2D eigenvalue weighted by molar-refractivity contribution is 5.82. The van der Waals surface area contributed by atoms with Crippen molar-refractivity contribution in [3.8, 4) is 0 Å². The third kappa shape index (κ3) is 4.78. The van der Waals surface area contributed by atoms with E-state index >= 15 is 0 Å². The first-order chi connectivity index (χ1) is 8.63. The fraction of sp³-hybridized carbons (Fsp3) is 0.556. The smallest absolute Gasteiger partial charge is 0.326 e. The van der Waals surface area contributed by atoms with Crippen molar-refractivity contribution in [1.82, 2.24) is 20.8 Å². The third-order valence-electron chi connectivity index (χ3n) is 2.06. The summed E-state index contributed by atoms with van der Waals surface area (Å²) in [5.41, 5.74) is 0. The predicted molar refractivity (Wildman–Crippen MR) is 57.7 cm³/mol. The largest absolute Gasteiger partial charge is 0.480 e. The van der Waals surface area contributed by atoms with Gasteiger partial charge in [0.1, 0.15) is 6.04 Å². The van der Waals surface area contributed by atoms with E-state index in [4.69, 9.17) is 10.2 Å². The molecule has 0 saturated heterocycles. The van der Waals surface area contributed by atoms with Crippen LogP contribution in [0.25, 0.3) is 0 Å². The second-order valence-electron chi connectivity index (χ2n) is 3.40. The number of urea groups is 1. The molecule has 0 saturated carbocycles.